The Morgan fingerprint density at radius 1 is 0.903 bits per heavy atom. The van der Waals surface area contributed by atoms with Gasteiger partial charge < -0.3 is 9.84 Å². The molecular weight excluding hydrogens is 380 g/mol. The van der Waals surface area contributed by atoms with E-state index >= 15 is 0 Å². The second-order valence-corrected chi connectivity index (χ2v) is 14.0. The molecule has 0 spiro atoms. The van der Waals surface area contributed by atoms with E-state index in [1.807, 2.05) is 7.11 Å². The van der Waals surface area contributed by atoms with Crippen LogP contribution in [-0.2, 0) is 4.74 Å². The van der Waals surface area contributed by atoms with Gasteiger partial charge in [0, 0.05) is 7.11 Å². The van der Waals surface area contributed by atoms with Crippen molar-refractivity contribution in [2.24, 2.45) is 51.8 Å². The summed E-state index contributed by atoms with van der Waals surface area (Å²) in [4.78, 5) is 0. The lowest BCUT2D eigenvalue weighted by Gasteiger charge is -2.61. The second kappa shape index (κ2) is 8.61. The van der Waals surface area contributed by atoms with Crippen molar-refractivity contribution in [3.63, 3.8) is 0 Å². The van der Waals surface area contributed by atoms with Crippen LogP contribution in [0.3, 0.4) is 0 Å². The molecule has 0 aromatic heterocycles. The van der Waals surface area contributed by atoms with Crippen LogP contribution < -0.4 is 0 Å². The van der Waals surface area contributed by atoms with E-state index in [9.17, 15) is 5.11 Å². The molecule has 0 radical (unpaired) electrons. The fourth-order valence-electron chi connectivity index (χ4n) is 9.46. The lowest BCUT2D eigenvalue weighted by molar-refractivity contribution is -0.133. The van der Waals surface area contributed by atoms with Gasteiger partial charge in [-0.1, -0.05) is 41.5 Å². The van der Waals surface area contributed by atoms with Crippen molar-refractivity contribution < 1.29 is 9.84 Å². The Balaban J connectivity index is 1.44. The molecule has 2 heteroatoms. The highest BCUT2D eigenvalue weighted by molar-refractivity contribution is 5.09. The molecule has 2 nitrogen and oxygen atoms in total. The Labute approximate surface area is 193 Å². The summed E-state index contributed by atoms with van der Waals surface area (Å²) in [5, 5.41) is 10.6. The third kappa shape index (κ3) is 4.16. The normalized spacial score (nSPS) is 47.2. The van der Waals surface area contributed by atoms with E-state index in [0.717, 1.165) is 41.9 Å². The molecule has 0 aromatic rings. The molecule has 1 N–H and O–H groups in total. The van der Waals surface area contributed by atoms with Gasteiger partial charge in [0.15, 0.2) is 0 Å². The minimum atomic E-state index is -0.173. The zero-order valence-corrected chi connectivity index (χ0v) is 21.8. The van der Waals surface area contributed by atoms with Crippen LogP contribution in [0.1, 0.15) is 112 Å². The smallest absolute Gasteiger partial charge is 0.0588 e. The minimum Gasteiger partial charge on any atom is -0.393 e. The molecule has 0 unspecified atom stereocenters. The van der Waals surface area contributed by atoms with Gasteiger partial charge in [-0.2, -0.15) is 0 Å². The van der Waals surface area contributed by atoms with Crippen LogP contribution >= 0.6 is 0 Å². The van der Waals surface area contributed by atoms with Gasteiger partial charge in [-0.25, -0.2) is 0 Å². The van der Waals surface area contributed by atoms with Gasteiger partial charge in [0.25, 0.3) is 0 Å². The van der Waals surface area contributed by atoms with Crippen molar-refractivity contribution in [1.82, 2.24) is 0 Å². The Hall–Kier alpha value is -0.0800. The summed E-state index contributed by atoms with van der Waals surface area (Å²) in [6, 6.07) is 0. The molecule has 0 amide bonds. The third-order valence-electron chi connectivity index (χ3n) is 11.6. The van der Waals surface area contributed by atoms with Crippen LogP contribution in [0.4, 0.5) is 0 Å². The molecule has 4 fully saturated rings. The first-order valence-electron chi connectivity index (χ1n) is 13.7. The van der Waals surface area contributed by atoms with Crippen LogP contribution in [-0.4, -0.2) is 24.4 Å². The van der Waals surface area contributed by atoms with Crippen molar-refractivity contribution in [2.75, 3.05) is 7.11 Å². The van der Waals surface area contributed by atoms with Crippen LogP contribution in [0.5, 0.6) is 0 Å². The number of hydrogen-bond acceptors (Lipinski definition) is 2. The van der Waals surface area contributed by atoms with Crippen molar-refractivity contribution in [1.29, 1.82) is 0 Å². The first-order chi connectivity index (χ1) is 14.5. The molecule has 4 saturated carbocycles. The Kier molecular flexibility index (Phi) is 6.68. The summed E-state index contributed by atoms with van der Waals surface area (Å²) in [5.74, 6) is 5.37. The van der Waals surface area contributed by atoms with Crippen molar-refractivity contribution in [3.8, 4) is 0 Å². The monoisotopic (exact) mass is 432 g/mol. The molecule has 0 bridgehead atoms. The lowest BCUT2D eigenvalue weighted by atomic mass is 9.44. The van der Waals surface area contributed by atoms with Crippen molar-refractivity contribution in [2.45, 2.75) is 124 Å². The number of aliphatic hydroxyl groups excluding tert-OH is 1. The Morgan fingerprint density at radius 3 is 2.26 bits per heavy atom. The van der Waals surface area contributed by atoms with E-state index in [0.29, 0.717) is 16.9 Å². The van der Waals surface area contributed by atoms with Crippen LogP contribution in [0.2, 0.25) is 0 Å². The quantitative estimate of drug-likeness (QED) is 0.488. The summed E-state index contributed by atoms with van der Waals surface area (Å²) in [5.41, 5.74) is 1.12. The average molecular weight is 433 g/mol. The summed E-state index contributed by atoms with van der Waals surface area (Å²) in [6.45, 7) is 14.4. The predicted octanol–water partition coefficient (Wildman–Crippen LogP) is 7.48. The van der Waals surface area contributed by atoms with Gasteiger partial charge in [0.05, 0.1) is 12.2 Å². The van der Waals surface area contributed by atoms with Crippen LogP contribution in [0.15, 0.2) is 0 Å². The topological polar surface area (TPSA) is 29.5 Å². The average Bonchev–Trinajstić information content (AvgIpc) is 3.07. The van der Waals surface area contributed by atoms with Gasteiger partial charge in [-0.3, -0.25) is 0 Å². The van der Waals surface area contributed by atoms with Crippen molar-refractivity contribution in [3.05, 3.63) is 0 Å². The maximum atomic E-state index is 10.6. The second-order valence-electron chi connectivity index (χ2n) is 14.0. The number of methoxy groups -OCH3 is 1. The Bertz CT molecular complexity index is 623. The molecule has 0 aromatic carbocycles. The predicted molar refractivity (Wildman–Crippen MR) is 130 cm³/mol. The van der Waals surface area contributed by atoms with Crippen LogP contribution in [0.25, 0.3) is 0 Å². The number of rotatable bonds is 5. The standard InChI is InChI=1S/C29H52O2/c1-19(8-13-26(30)27(2,3)4)23-11-12-24-22-10-9-20-18-21(31-7)14-16-28(20,5)25(22)15-17-29(23,24)6/h19-26,30H,8-18H2,1-7H3/t19-,20-,21+,22+,23-,24+,25+,26-,28+,29-/m1/s1. The van der Waals surface area contributed by atoms with Gasteiger partial charge in [0.1, 0.15) is 0 Å². The summed E-state index contributed by atoms with van der Waals surface area (Å²) in [7, 11) is 1.92. The third-order valence-corrected chi connectivity index (χ3v) is 11.6. The molecule has 10 atom stereocenters. The fraction of sp³-hybridized carbons (Fsp3) is 1.00. The Morgan fingerprint density at radius 2 is 1.58 bits per heavy atom. The number of fused-ring (bicyclic) bond motifs is 5. The van der Waals surface area contributed by atoms with Gasteiger partial charge >= 0.3 is 0 Å². The van der Waals surface area contributed by atoms with E-state index in [2.05, 4.69) is 41.5 Å². The van der Waals surface area contributed by atoms with Gasteiger partial charge in [0.2, 0.25) is 0 Å². The highest BCUT2D eigenvalue weighted by Crippen LogP contribution is 2.68. The van der Waals surface area contributed by atoms with Crippen molar-refractivity contribution >= 4 is 0 Å². The molecule has 0 aliphatic heterocycles. The van der Waals surface area contributed by atoms with Gasteiger partial charge in [-0.15, -0.1) is 0 Å². The minimum absolute atomic E-state index is 0.00972. The van der Waals surface area contributed by atoms with E-state index in [-0.39, 0.29) is 11.5 Å². The first kappa shape index (κ1) is 24.1. The summed E-state index contributed by atoms with van der Waals surface area (Å²) in [6.07, 6.45) is 15.2. The SMILES string of the molecule is CO[C@H]1CC[C@@]2(C)[C@H](CC[C@@H]3[C@@H]2CC[C@]2(C)[C@@H]([C@H](C)CC[C@@H](O)C(C)(C)C)CC[C@@H]32)C1. The molecule has 4 aliphatic carbocycles. The molecule has 31 heavy (non-hydrogen) atoms. The van der Waals surface area contributed by atoms with E-state index in [4.69, 9.17) is 4.74 Å². The summed E-state index contributed by atoms with van der Waals surface area (Å²) < 4.78 is 5.79. The molecule has 0 heterocycles. The van der Waals surface area contributed by atoms with Gasteiger partial charge in [-0.05, 0) is 122 Å². The molecule has 4 rings (SSSR count). The largest absolute Gasteiger partial charge is 0.393 e. The van der Waals surface area contributed by atoms with Crippen LogP contribution in [0, 0.1) is 51.8 Å². The first-order valence-corrected chi connectivity index (χ1v) is 13.7. The lowest BCUT2D eigenvalue weighted by Crippen LogP contribution is -2.54. The molecular formula is C29H52O2. The zero-order valence-electron chi connectivity index (χ0n) is 21.8. The van der Waals surface area contributed by atoms with E-state index in [1.165, 1.54) is 64.2 Å². The molecule has 0 saturated heterocycles. The number of aliphatic hydroxyl groups is 1. The number of ether oxygens (including phenoxy) is 1. The molecule has 4 aliphatic rings. The molecule has 180 valence electrons. The maximum absolute atomic E-state index is 10.6. The summed E-state index contributed by atoms with van der Waals surface area (Å²) >= 11 is 0. The highest BCUT2D eigenvalue weighted by Gasteiger charge is 2.60. The highest BCUT2D eigenvalue weighted by atomic mass is 16.5. The fourth-order valence-corrected chi connectivity index (χ4v) is 9.46. The maximum Gasteiger partial charge on any atom is 0.0588 e. The van der Waals surface area contributed by atoms with E-state index < -0.39 is 0 Å². The zero-order chi connectivity index (χ0) is 22.6. The number of hydrogen-bond donors (Lipinski definition) is 1. The van der Waals surface area contributed by atoms with E-state index in [1.54, 1.807) is 0 Å².